The third kappa shape index (κ3) is 3.90. The second-order valence-electron chi connectivity index (χ2n) is 7.32. The molecule has 0 saturated carbocycles. The van der Waals surface area contributed by atoms with E-state index in [2.05, 4.69) is 14.5 Å². The van der Waals surface area contributed by atoms with Gasteiger partial charge in [-0.15, -0.1) is 0 Å². The molecule has 0 saturated heterocycles. The first kappa shape index (κ1) is 20.0. The molecule has 4 rings (SSSR count). The van der Waals surface area contributed by atoms with Crippen molar-refractivity contribution in [3.63, 3.8) is 0 Å². The Hall–Kier alpha value is -3.29. The highest BCUT2D eigenvalue weighted by atomic mass is 16.5. The summed E-state index contributed by atoms with van der Waals surface area (Å²) >= 11 is 0. The van der Waals surface area contributed by atoms with Crippen LogP contribution in [0.2, 0.25) is 0 Å². The normalized spacial score (nSPS) is 13.1. The number of aromatic nitrogens is 3. The number of fused-ring (bicyclic) bond motifs is 3. The lowest BCUT2D eigenvalue weighted by Gasteiger charge is -2.16. The Bertz CT molecular complexity index is 1050. The highest BCUT2D eigenvalue weighted by Gasteiger charge is 2.20. The number of ether oxygens (including phenoxy) is 3. The first-order chi connectivity index (χ1) is 14.6. The molecule has 1 aromatic carbocycles. The summed E-state index contributed by atoms with van der Waals surface area (Å²) in [7, 11) is 3.07. The van der Waals surface area contributed by atoms with Crippen LogP contribution in [0, 0.1) is 0 Å². The van der Waals surface area contributed by atoms with E-state index in [1.807, 2.05) is 12.1 Å². The standard InChI is InChI=1S/C22H26N4O4/c1-28-19-13-20(29-2)25-22(24-19)30-11-5-10-26-17-7-4-3-6-15(17)16-12-14(21(23)27)8-9-18(16)26/h8-9,12-13H,3-7,10-11H2,1-2H3,(H2,23,27). The van der Waals surface area contributed by atoms with Crippen molar-refractivity contribution in [1.82, 2.24) is 14.5 Å². The second kappa shape index (κ2) is 8.61. The third-order valence-corrected chi connectivity index (χ3v) is 5.50. The maximum Gasteiger partial charge on any atom is 0.323 e. The molecule has 1 amide bonds. The van der Waals surface area contributed by atoms with E-state index in [-0.39, 0.29) is 6.01 Å². The summed E-state index contributed by atoms with van der Waals surface area (Å²) in [4.78, 5) is 20.0. The molecule has 2 aromatic heterocycles. The summed E-state index contributed by atoms with van der Waals surface area (Å²) in [5.74, 6) is 0.400. The minimum atomic E-state index is -0.392. The Morgan fingerprint density at radius 2 is 1.83 bits per heavy atom. The van der Waals surface area contributed by atoms with Gasteiger partial charge in [-0.05, 0) is 55.9 Å². The van der Waals surface area contributed by atoms with Crippen LogP contribution in [0.3, 0.4) is 0 Å². The van der Waals surface area contributed by atoms with Gasteiger partial charge in [0.2, 0.25) is 17.7 Å². The van der Waals surface area contributed by atoms with Gasteiger partial charge in [0.15, 0.2) is 0 Å². The average molecular weight is 410 g/mol. The maximum absolute atomic E-state index is 11.6. The van der Waals surface area contributed by atoms with E-state index < -0.39 is 5.91 Å². The molecule has 1 aliphatic rings. The topological polar surface area (TPSA) is 101 Å². The molecule has 0 fully saturated rings. The van der Waals surface area contributed by atoms with E-state index in [9.17, 15) is 4.79 Å². The number of nitrogens with two attached hydrogens (primary N) is 1. The maximum atomic E-state index is 11.6. The number of nitrogens with zero attached hydrogens (tertiary/aromatic N) is 3. The van der Waals surface area contributed by atoms with Crippen LogP contribution >= 0.6 is 0 Å². The van der Waals surface area contributed by atoms with E-state index in [4.69, 9.17) is 19.9 Å². The van der Waals surface area contributed by atoms with Crippen molar-refractivity contribution < 1.29 is 19.0 Å². The first-order valence-electron chi connectivity index (χ1n) is 10.1. The molecule has 8 heteroatoms. The smallest absolute Gasteiger partial charge is 0.323 e. The molecule has 8 nitrogen and oxygen atoms in total. The summed E-state index contributed by atoms with van der Waals surface area (Å²) in [5, 5.41) is 1.14. The molecule has 2 heterocycles. The number of benzene rings is 1. The predicted octanol–water partition coefficient (Wildman–Crippen LogP) is 2.90. The zero-order chi connectivity index (χ0) is 21.1. The zero-order valence-electron chi connectivity index (χ0n) is 17.3. The molecule has 0 spiro atoms. The quantitative estimate of drug-likeness (QED) is 0.573. The van der Waals surface area contributed by atoms with Crippen LogP contribution in [0.4, 0.5) is 0 Å². The van der Waals surface area contributed by atoms with Gasteiger partial charge in [0.05, 0.1) is 26.9 Å². The minimum absolute atomic E-state index is 0.233. The fourth-order valence-electron chi connectivity index (χ4n) is 4.09. The van der Waals surface area contributed by atoms with Gasteiger partial charge in [-0.1, -0.05) is 0 Å². The summed E-state index contributed by atoms with van der Waals surface area (Å²) in [6.07, 6.45) is 5.23. The molecule has 0 aliphatic heterocycles. The van der Waals surface area contributed by atoms with Crippen molar-refractivity contribution in [3.05, 3.63) is 41.1 Å². The van der Waals surface area contributed by atoms with Gasteiger partial charge in [0.25, 0.3) is 0 Å². The van der Waals surface area contributed by atoms with Crippen LogP contribution in [-0.4, -0.2) is 41.3 Å². The molecule has 0 radical (unpaired) electrons. The van der Waals surface area contributed by atoms with E-state index >= 15 is 0 Å². The molecule has 0 unspecified atom stereocenters. The Morgan fingerprint density at radius 3 is 2.53 bits per heavy atom. The zero-order valence-corrected chi connectivity index (χ0v) is 17.3. The fraction of sp³-hybridized carbons (Fsp3) is 0.409. The second-order valence-corrected chi connectivity index (χ2v) is 7.32. The Morgan fingerprint density at radius 1 is 1.10 bits per heavy atom. The Kier molecular flexibility index (Phi) is 5.74. The van der Waals surface area contributed by atoms with Gasteiger partial charge in [-0.2, -0.15) is 9.97 Å². The number of aryl methyl sites for hydroxylation is 2. The van der Waals surface area contributed by atoms with Gasteiger partial charge in [-0.3, -0.25) is 4.79 Å². The van der Waals surface area contributed by atoms with E-state index in [1.165, 1.54) is 38.3 Å². The summed E-state index contributed by atoms with van der Waals surface area (Å²) < 4.78 is 18.4. The molecular weight excluding hydrogens is 384 g/mol. The fourth-order valence-corrected chi connectivity index (χ4v) is 4.09. The molecule has 1 aliphatic carbocycles. The van der Waals surface area contributed by atoms with Crippen molar-refractivity contribution in [3.8, 4) is 17.8 Å². The van der Waals surface area contributed by atoms with Gasteiger partial charge in [0, 0.05) is 28.7 Å². The van der Waals surface area contributed by atoms with Crippen LogP contribution in [0.1, 0.15) is 40.9 Å². The van der Waals surface area contributed by atoms with Crippen LogP contribution in [0.15, 0.2) is 24.3 Å². The molecule has 158 valence electrons. The van der Waals surface area contributed by atoms with E-state index in [1.54, 1.807) is 12.1 Å². The number of hydrogen-bond donors (Lipinski definition) is 1. The number of hydrogen-bond acceptors (Lipinski definition) is 6. The number of amides is 1. The lowest BCUT2D eigenvalue weighted by molar-refractivity contribution is 0.100. The van der Waals surface area contributed by atoms with Crippen LogP contribution in [0.5, 0.6) is 17.8 Å². The summed E-state index contributed by atoms with van der Waals surface area (Å²) in [6, 6.07) is 7.58. The predicted molar refractivity (Wildman–Crippen MR) is 112 cm³/mol. The molecule has 0 atom stereocenters. The van der Waals surface area contributed by atoms with Gasteiger partial charge < -0.3 is 24.5 Å². The highest BCUT2D eigenvalue weighted by Crippen LogP contribution is 2.33. The number of primary amides is 1. The van der Waals surface area contributed by atoms with Crippen molar-refractivity contribution in [1.29, 1.82) is 0 Å². The van der Waals surface area contributed by atoms with Crippen LogP contribution in [0.25, 0.3) is 10.9 Å². The monoisotopic (exact) mass is 410 g/mol. The summed E-state index contributed by atoms with van der Waals surface area (Å²) in [6.45, 7) is 1.27. The first-order valence-corrected chi connectivity index (χ1v) is 10.1. The van der Waals surface area contributed by atoms with Crippen molar-refractivity contribution in [2.24, 2.45) is 5.73 Å². The average Bonchev–Trinajstić information content (AvgIpc) is 3.09. The third-order valence-electron chi connectivity index (χ3n) is 5.50. The van der Waals surface area contributed by atoms with Gasteiger partial charge in [0.1, 0.15) is 0 Å². The number of rotatable bonds is 8. The number of methoxy groups -OCH3 is 2. The molecule has 30 heavy (non-hydrogen) atoms. The lowest BCUT2D eigenvalue weighted by atomic mass is 9.95. The van der Waals surface area contributed by atoms with Crippen LogP contribution < -0.4 is 19.9 Å². The van der Waals surface area contributed by atoms with Crippen molar-refractivity contribution in [2.75, 3.05) is 20.8 Å². The van der Waals surface area contributed by atoms with E-state index in [0.717, 1.165) is 36.7 Å². The summed E-state index contributed by atoms with van der Waals surface area (Å²) in [5.41, 5.74) is 9.90. The van der Waals surface area contributed by atoms with Crippen molar-refractivity contribution >= 4 is 16.8 Å². The van der Waals surface area contributed by atoms with Gasteiger partial charge >= 0.3 is 6.01 Å². The van der Waals surface area contributed by atoms with Gasteiger partial charge in [-0.25, -0.2) is 0 Å². The molecule has 3 aromatic rings. The Labute approximate surface area is 175 Å². The SMILES string of the molecule is COc1cc(OC)nc(OCCCn2c3c(c4cc(C(N)=O)ccc42)CCCC3)n1. The highest BCUT2D eigenvalue weighted by molar-refractivity contribution is 5.98. The van der Waals surface area contributed by atoms with E-state index in [0.29, 0.717) is 23.9 Å². The molecule has 2 N–H and O–H groups in total. The minimum Gasteiger partial charge on any atom is -0.481 e. The number of carbonyl (C=O) groups excluding carboxylic acids is 1. The van der Waals surface area contributed by atoms with Crippen molar-refractivity contribution in [2.45, 2.75) is 38.6 Å². The Balaban J connectivity index is 1.51. The molecule has 0 bridgehead atoms. The number of carbonyl (C=O) groups is 1. The van der Waals surface area contributed by atoms with Crippen LogP contribution in [-0.2, 0) is 19.4 Å². The molecular formula is C22H26N4O4. The lowest BCUT2D eigenvalue weighted by Crippen LogP contribution is -2.11. The largest absolute Gasteiger partial charge is 0.481 e.